The molecule has 2 rings (SSSR count). The van der Waals surface area contributed by atoms with Crippen molar-refractivity contribution < 1.29 is 9.50 Å². The first-order chi connectivity index (χ1) is 8.54. The van der Waals surface area contributed by atoms with Crippen LogP contribution >= 0.6 is 0 Å². The molecule has 1 aromatic heterocycles. The van der Waals surface area contributed by atoms with Crippen molar-refractivity contribution in [1.82, 2.24) is 4.98 Å². The van der Waals surface area contributed by atoms with E-state index in [2.05, 4.69) is 4.98 Å². The van der Waals surface area contributed by atoms with Gasteiger partial charge in [0.25, 0.3) is 0 Å². The van der Waals surface area contributed by atoms with Crippen LogP contribution < -0.4 is 0 Å². The molecule has 0 aliphatic heterocycles. The normalized spacial score (nSPS) is 12.4. The van der Waals surface area contributed by atoms with Gasteiger partial charge in [-0.15, -0.1) is 0 Å². The number of aliphatic hydroxyl groups excluding tert-OH is 1. The summed E-state index contributed by atoms with van der Waals surface area (Å²) in [5.74, 6) is -0.276. The second kappa shape index (κ2) is 5.27. The van der Waals surface area contributed by atoms with Crippen molar-refractivity contribution in [2.45, 2.75) is 26.4 Å². The summed E-state index contributed by atoms with van der Waals surface area (Å²) in [5, 5.41) is 10.2. The van der Waals surface area contributed by atoms with Crippen molar-refractivity contribution in [3.63, 3.8) is 0 Å². The van der Waals surface area contributed by atoms with E-state index in [1.165, 1.54) is 12.1 Å². The van der Waals surface area contributed by atoms with Crippen LogP contribution in [0.15, 0.2) is 36.4 Å². The quantitative estimate of drug-likeness (QED) is 0.901. The van der Waals surface area contributed by atoms with Crippen LogP contribution in [0.5, 0.6) is 0 Å². The van der Waals surface area contributed by atoms with E-state index in [9.17, 15) is 9.50 Å². The molecule has 0 bridgehead atoms. The number of aromatic nitrogens is 1. The zero-order chi connectivity index (χ0) is 13.1. The highest BCUT2D eigenvalue weighted by atomic mass is 19.1. The molecule has 3 heteroatoms. The lowest BCUT2D eigenvalue weighted by Crippen LogP contribution is -2.04. The lowest BCUT2D eigenvalue weighted by molar-refractivity contribution is 0.178. The molecule has 0 fully saturated rings. The van der Waals surface area contributed by atoms with E-state index in [0.29, 0.717) is 6.42 Å². The van der Waals surface area contributed by atoms with Crippen molar-refractivity contribution >= 4 is 0 Å². The molecule has 18 heavy (non-hydrogen) atoms. The van der Waals surface area contributed by atoms with E-state index in [1.807, 2.05) is 32.0 Å². The van der Waals surface area contributed by atoms with Crippen molar-refractivity contribution in [2.24, 2.45) is 0 Å². The number of nitrogens with zero attached hydrogens (tertiary/aromatic N) is 1. The van der Waals surface area contributed by atoms with Crippen LogP contribution in [0.2, 0.25) is 0 Å². The summed E-state index contributed by atoms with van der Waals surface area (Å²) in [4.78, 5) is 4.27. The van der Waals surface area contributed by atoms with Crippen molar-refractivity contribution in [2.75, 3.05) is 0 Å². The zero-order valence-corrected chi connectivity index (χ0v) is 10.5. The maximum Gasteiger partial charge on any atom is 0.123 e. The number of hydrogen-bond donors (Lipinski definition) is 1. The highest BCUT2D eigenvalue weighted by molar-refractivity contribution is 5.25. The third kappa shape index (κ3) is 3.14. The Morgan fingerprint density at radius 2 is 1.83 bits per heavy atom. The number of aliphatic hydroxyl groups is 1. The Morgan fingerprint density at radius 1 is 1.17 bits per heavy atom. The van der Waals surface area contributed by atoms with Crippen molar-refractivity contribution in [3.8, 4) is 0 Å². The second-order valence-electron chi connectivity index (χ2n) is 4.53. The molecule has 2 aromatic rings. The summed E-state index contributed by atoms with van der Waals surface area (Å²) in [5.41, 5.74) is 3.37. The average Bonchev–Trinajstić information content (AvgIpc) is 2.27. The fraction of sp³-hybridized carbons (Fsp3) is 0.267. The van der Waals surface area contributed by atoms with Gasteiger partial charge in [-0.25, -0.2) is 4.39 Å². The molecule has 1 N–H and O–H groups in total. The largest absolute Gasteiger partial charge is 0.388 e. The molecule has 0 saturated heterocycles. The van der Waals surface area contributed by atoms with Gasteiger partial charge in [-0.05, 0) is 49.2 Å². The summed E-state index contributed by atoms with van der Waals surface area (Å²) >= 11 is 0. The SMILES string of the molecule is Cc1cc(C(O)Cc2cccc(F)c2)cc(C)n1. The first kappa shape index (κ1) is 12.7. The Labute approximate surface area is 106 Å². The second-order valence-corrected chi connectivity index (χ2v) is 4.53. The number of halogens is 1. The number of pyridine rings is 1. The zero-order valence-electron chi connectivity index (χ0n) is 10.5. The average molecular weight is 245 g/mol. The molecule has 0 amide bonds. The fourth-order valence-electron chi connectivity index (χ4n) is 2.06. The summed E-state index contributed by atoms with van der Waals surface area (Å²) in [7, 11) is 0. The minimum absolute atomic E-state index is 0.276. The first-order valence-electron chi connectivity index (χ1n) is 5.92. The van der Waals surface area contributed by atoms with Crippen LogP contribution in [0.4, 0.5) is 4.39 Å². The van der Waals surface area contributed by atoms with Gasteiger partial charge in [0.15, 0.2) is 0 Å². The number of hydrogen-bond acceptors (Lipinski definition) is 2. The fourth-order valence-corrected chi connectivity index (χ4v) is 2.06. The van der Waals surface area contributed by atoms with Crippen LogP contribution in [0, 0.1) is 19.7 Å². The molecule has 0 saturated carbocycles. The minimum Gasteiger partial charge on any atom is -0.388 e. The first-order valence-corrected chi connectivity index (χ1v) is 5.92. The Bertz CT molecular complexity index is 534. The third-order valence-corrected chi connectivity index (χ3v) is 2.81. The van der Waals surface area contributed by atoms with Gasteiger partial charge in [0.05, 0.1) is 6.10 Å². The number of aryl methyl sites for hydroxylation is 2. The third-order valence-electron chi connectivity index (χ3n) is 2.81. The lowest BCUT2D eigenvalue weighted by Gasteiger charge is -2.12. The predicted octanol–water partition coefficient (Wildman–Crippen LogP) is 3.11. The highest BCUT2D eigenvalue weighted by Crippen LogP contribution is 2.20. The summed E-state index contributed by atoms with van der Waals surface area (Å²) in [6.07, 6.45) is -0.229. The smallest absolute Gasteiger partial charge is 0.123 e. The Hall–Kier alpha value is -1.74. The molecular weight excluding hydrogens is 229 g/mol. The van der Waals surface area contributed by atoms with Gasteiger partial charge in [-0.1, -0.05) is 12.1 Å². The van der Waals surface area contributed by atoms with Gasteiger partial charge in [0.2, 0.25) is 0 Å². The van der Waals surface area contributed by atoms with Crippen LogP contribution in [0.1, 0.15) is 28.6 Å². The van der Waals surface area contributed by atoms with Gasteiger partial charge >= 0.3 is 0 Å². The van der Waals surface area contributed by atoms with E-state index >= 15 is 0 Å². The van der Waals surface area contributed by atoms with Crippen molar-refractivity contribution in [1.29, 1.82) is 0 Å². The molecule has 94 valence electrons. The van der Waals surface area contributed by atoms with Gasteiger partial charge in [0.1, 0.15) is 5.82 Å². The molecule has 0 spiro atoms. The molecule has 0 aliphatic rings. The van der Waals surface area contributed by atoms with Crippen LogP contribution in [0.25, 0.3) is 0 Å². The Kier molecular flexibility index (Phi) is 3.72. The molecule has 0 radical (unpaired) electrons. The minimum atomic E-state index is -0.632. The summed E-state index contributed by atoms with van der Waals surface area (Å²) < 4.78 is 13.1. The van der Waals surface area contributed by atoms with Crippen LogP contribution in [-0.4, -0.2) is 10.1 Å². The highest BCUT2D eigenvalue weighted by Gasteiger charge is 2.10. The maximum absolute atomic E-state index is 13.1. The monoisotopic (exact) mass is 245 g/mol. The van der Waals surface area contributed by atoms with Crippen LogP contribution in [0.3, 0.4) is 0 Å². The van der Waals surface area contributed by atoms with Gasteiger partial charge < -0.3 is 5.11 Å². The molecule has 1 atom stereocenters. The van der Waals surface area contributed by atoms with Gasteiger partial charge in [-0.3, -0.25) is 4.98 Å². The Morgan fingerprint density at radius 3 is 2.44 bits per heavy atom. The molecule has 2 nitrogen and oxygen atoms in total. The Balaban J connectivity index is 2.19. The lowest BCUT2D eigenvalue weighted by atomic mass is 10.0. The molecule has 1 unspecified atom stereocenters. The number of benzene rings is 1. The summed E-state index contributed by atoms with van der Waals surface area (Å²) in [6.45, 7) is 3.79. The van der Waals surface area contributed by atoms with E-state index in [4.69, 9.17) is 0 Å². The van der Waals surface area contributed by atoms with Gasteiger partial charge in [-0.2, -0.15) is 0 Å². The van der Waals surface area contributed by atoms with Crippen LogP contribution in [-0.2, 0) is 6.42 Å². The van der Waals surface area contributed by atoms with E-state index in [-0.39, 0.29) is 5.82 Å². The van der Waals surface area contributed by atoms with E-state index in [1.54, 1.807) is 6.07 Å². The maximum atomic E-state index is 13.1. The topological polar surface area (TPSA) is 33.1 Å². The molecule has 1 aromatic carbocycles. The standard InChI is InChI=1S/C15H16FNO/c1-10-6-13(7-11(2)17-10)15(18)9-12-4-3-5-14(16)8-12/h3-8,15,18H,9H2,1-2H3. The van der Waals surface area contributed by atoms with E-state index in [0.717, 1.165) is 22.5 Å². The molecule has 0 aliphatic carbocycles. The van der Waals surface area contributed by atoms with Gasteiger partial charge in [0, 0.05) is 17.8 Å². The van der Waals surface area contributed by atoms with Crippen molar-refractivity contribution in [3.05, 3.63) is 64.7 Å². The summed E-state index contributed by atoms with van der Waals surface area (Å²) in [6, 6.07) is 10.0. The van der Waals surface area contributed by atoms with E-state index < -0.39 is 6.10 Å². The predicted molar refractivity (Wildman–Crippen MR) is 68.8 cm³/mol. The molecular formula is C15H16FNO. The molecule has 1 heterocycles. The number of rotatable bonds is 3.